The van der Waals surface area contributed by atoms with Crippen molar-refractivity contribution < 1.29 is 9.53 Å². The molecule has 1 aliphatic heterocycles. The molecule has 1 atom stereocenters. The summed E-state index contributed by atoms with van der Waals surface area (Å²) in [6, 6.07) is 0. The fourth-order valence-corrected chi connectivity index (χ4v) is 1.12. The standard InChI is InChI=1S/C7H13NO2/c1-8-4-3-6(10-2)5-7(8)9/h6H,3-5H2,1-2H3/t6-/m0/s1. The average Bonchev–Trinajstić information content (AvgIpc) is 1.95. The molecule has 0 aromatic carbocycles. The average molecular weight is 143 g/mol. The molecule has 3 nitrogen and oxygen atoms in total. The van der Waals surface area contributed by atoms with Crippen molar-refractivity contribution in [3.05, 3.63) is 0 Å². The summed E-state index contributed by atoms with van der Waals surface area (Å²) >= 11 is 0. The van der Waals surface area contributed by atoms with Crippen LogP contribution in [0.5, 0.6) is 0 Å². The Morgan fingerprint density at radius 3 is 2.90 bits per heavy atom. The maximum atomic E-state index is 11.0. The second-order valence-electron chi connectivity index (χ2n) is 2.67. The van der Waals surface area contributed by atoms with E-state index in [0.29, 0.717) is 6.42 Å². The highest BCUT2D eigenvalue weighted by Crippen LogP contribution is 2.11. The van der Waals surface area contributed by atoms with Crippen molar-refractivity contribution in [2.45, 2.75) is 18.9 Å². The summed E-state index contributed by atoms with van der Waals surface area (Å²) in [4.78, 5) is 12.8. The normalized spacial score (nSPS) is 27.2. The number of hydrogen-bond donors (Lipinski definition) is 0. The van der Waals surface area contributed by atoms with Crippen LogP contribution in [0.15, 0.2) is 0 Å². The molecule has 0 spiro atoms. The van der Waals surface area contributed by atoms with Crippen molar-refractivity contribution in [2.24, 2.45) is 0 Å². The molecule has 3 heteroatoms. The Morgan fingerprint density at radius 2 is 2.40 bits per heavy atom. The van der Waals surface area contributed by atoms with Crippen LogP contribution in [0.25, 0.3) is 0 Å². The molecule has 1 saturated heterocycles. The van der Waals surface area contributed by atoms with Gasteiger partial charge in [-0.05, 0) is 6.42 Å². The number of amides is 1. The SMILES string of the molecule is CO[C@H]1CCN(C)C(=O)C1. The zero-order chi connectivity index (χ0) is 7.56. The first-order valence-corrected chi connectivity index (χ1v) is 3.51. The summed E-state index contributed by atoms with van der Waals surface area (Å²) in [5.41, 5.74) is 0. The van der Waals surface area contributed by atoms with Gasteiger partial charge in [0.15, 0.2) is 0 Å². The predicted octanol–water partition coefficient (Wildman–Crippen LogP) is 0.254. The van der Waals surface area contributed by atoms with E-state index in [9.17, 15) is 4.79 Å². The van der Waals surface area contributed by atoms with Crippen LogP contribution in [-0.4, -0.2) is 37.6 Å². The molecule has 0 unspecified atom stereocenters. The van der Waals surface area contributed by atoms with Crippen molar-refractivity contribution in [1.29, 1.82) is 0 Å². The van der Waals surface area contributed by atoms with E-state index in [1.54, 1.807) is 12.0 Å². The van der Waals surface area contributed by atoms with Gasteiger partial charge in [0.1, 0.15) is 0 Å². The van der Waals surface area contributed by atoms with E-state index in [1.165, 1.54) is 0 Å². The molecule has 0 N–H and O–H groups in total. The van der Waals surface area contributed by atoms with Crippen LogP contribution in [-0.2, 0) is 9.53 Å². The van der Waals surface area contributed by atoms with Crippen LogP contribution < -0.4 is 0 Å². The number of likely N-dealkylation sites (tertiary alicyclic amines) is 1. The number of hydrogen-bond acceptors (Lipinski definition) is 2. The lowest BCUT2D eigenvalue weighted by molar-refractivity contribution is -0.136. The third-order valence-electron chi connectivity index (χ3n) is 1.95. The predicted molar refractivity (Wildman–Crippen MR) is 37.7 cm³/mol. The fourth-order valence-electron chi connectivity index (χ4n) is 1.12. The summed E-state index contributed by atoms with van der Waals surface area (Å²) in [5, 5.41) is 0. The Labute approximate surface area is 61.0 Å². The van der Waals surface area contributed by atoms with Crippen LogP contribution >= 0.6 is 0 Å². The molecule has 0 aromatic rings. The van der Waals surface area contributed by atoms with E-state index < -0.39 is 0 Å². The Balaban J connectivity index is 2.41. The maximum Gasteiger partial charge on any atom is 0.224 e. The summed E-state index contributed by atoms with van der Waals surface area (Å²) in [5.74, 6) is 0.193. The van der Waals surface area contributed by atoms with Gasteiger partial charge >= 0.3 is 0 Å². The van der Waals surface area contributed by atoms with Crippen molar-refractivity contribution in [1.82, 2.24) is 4.90 Å². The van der Waals surface area contributed by atoms with Gasteiger partial charge in [0.05, 0.1) is 12.5 Å². The zero-order valence-electron chi connectivity index (χ0n) is 6.46. The molecule has 0 bridgehead atoms. The quantitative estimate of drug-likeness (QED) is 0.526. The van der Waals surface area contributed by atoms with E-state index in [2.05, 4.69) is 0 Å². The second kappa shape index (κ2) is 3.01. The van der Waals surface area contributed by atoms with Gasteiger partial charge in [-0.25, -0.2) is 0 Å². The molecule has 0 radical (unpaired) electrons. The van der Waals surface area contributed by atoms with Crippen molar-refractivity contribution >= 4 is 5.91 Å². The molecular weight excluding hydrogens is 130 g/mol. The van der Waals surface area contributed by atoms with Crippen molar-refractivity contribution in [2.75, 3.05) is 20.7 Å². The largest absolute Gasteiger partial charge is 0.381 e. The van der Waals surface area contributed by atoms with E-state index in [0.717, 1.165) is 13.0 Å². The Morgan fingerprint density at radius 1 is 1.70 bits per heavy atom. The first-order chi connectivity index (χ1) is 4.74. The molecule has 1 heterocycles. The van der Waals surface area contributed by atoms with E-state index in [-0.39, 0.29) is 12.0 Å². The highest BCUT2D eigenvalue weighted by Gasteiger charge is 2.22. The second-order valence-corrected chi connectivity index (χ2v) is 2.67. The van der Waals surface area contributed by atoms with Gasteiger partial charge in [0.25, 0.3) is 0 Å². The first-order valence-electron chi connectivity index (χ1n) is 3.51. The molecule has 58 valence electrons. The monoisotopic (exact) mass is 143 g/mol. The molecule has 1 rings (SSSR count). The summed E-state index contributed by atoms with van der Waals surface area (Å²) < 4.78 is 5.06. The van der Waals surface area contributed by atoms with Gasteiger partial charge in [-0.15, -0.1) is 0 Å². The molecule has 0 aliphatic carbocycles. The third-order valence-corrected chi connectivity index (χ3v) is 1.95. The number of carbonyl (C=O) groups excluding carboxylic acids is 1. The minimum absolute atomic E-state index is 0.156. The lowest BCUT2D eigenvalue weighted by Crippen LogP contribution is -2.38. The van der Waals surface area contributed by atoms with E-state index >= 15 is 0 Å². The van der Waals surface area contributed by atoms with Crippen molar-refractivity contribution in [3.63, 3.8) is 0 Å². The first kappa shape index (κ1) is 7.54. The number of nitrogens with zero attached hydrogens (tertiary/aromatic N) is 1. The number of rotatable bonds is 1. The molecular formula is C7H13NO2. The smallest absolute Gasteiger partial charge is 0.224 e. The van der Waals surface area contributed by atoms with E-state index in [4.69, 9.17) is 4.74 Å². The van der Waals surface area contributed by atoms with Gasteiger partial charge in [0, 0.05) is 20.7 Å². The number of piperidine rings is 1. The van der Waals surface area contributed by atoms with Gasteiger partial charge in [0.2, 0.25) is 5.91 Å². The topological polar surface area (TPSA) is 29.5 Å². The van der Waals surface area contributed by atoms with Gasteiger partial charge in [-0.3, -0.25) is 4.79 Å². The van der Waals surface area contributed by atoms with Gasteiger partial charge in [-0.2, -0.15) is 0 Å². The van der Waals surface area contributed by atoms with Gasteiger partial charge in [-0.1, -0.05) is 0 Å². The Kier molecular flexibility index (Phi) is 2.27. The van der Waals surface area contributed by atoms with Gasteiger partial charge < -0.3 is 9.64 Å². The molecule has 0 saturated carbocycles. The van der Waals surface area contributed by atoms with E-state index in [1.807, 2.05) is 7.05 Å². The minimum Gasteiger partial charge on any atom is -0.381 e. The number of carbonyl (C=O) groups is 1. The maximum absolute atomic E-state index is 11.0. The fraction of sp³-hybridized carbons (Fsp3) is 0.857. The summed E-state index contributed by atoms with van der Waals surface area (Å²) in [6.45, 7) is 0.831. The highest BCUT2D eigenvalue weighted by atomic mass is 16.5. The lowest BCUT2D eigenvalue weighted by atomic mass is 10.1. The van der Waals surface area contributed by atoms with Crippen LogP contribution in [0, 0.1) is 0 Å². The molecule has 1 amide bonds. The summed E-state index contributed by atoms with van der Waals surface area (Å²) in [7, 11) is 3.48. The van der Waals surface area contributed by atoms with Crippen LogP contribution in [0.4, 0.5) is 0 Å². The van der Waals surface area contributed by atoms with Crippen molar-refractivity contribution in [3.8, 4) is 0 Å². The zero-order valence-corrected chi connectivity index (χ0v) is 6.46. The highest BCUT2D eigenvalue weighted by molar-refractivity contribution is 5.77. The third kappa shape index (κ3) is 1.48. The number of ether oxygens (including phenoxy) is 1. The lowest BCUT2D eigenvalue weighted by Gasteiger charge is -2.27. The van der Waals surface area contributed by atoms with Crippen LogP contribution in [0.3, 0.4) is 0 Å². The minimum atomic E-state index is 0.156. The summed E-state index contributed by atoms with van der Waals surface area (Å²) in [6.07, 6.45) is 1.68. The Hall–Kier alpha value is -0.570. The molecule has 1 fully saturated rings. The number of methoxy groups -OCH3 is 1. The van der Waals surface area contributed by atoms with Crippen LogP contribution in [0.1, 0.15) is 12.8 Å². The molecule has 10 heavy (non-hydrogen) atoms. The molecule has 1 aliphatic rings. The Bertz CT molecular complexity index is 136. The molecule has 0 aromatic heterocycles. The van der Waals surface area contributed by atoms with Crippen LogP contribution in [0.2, 0.25) is 0 Å².